The van der Waals surface area contributed by atoms with Crippen molar-refractivity contribution in [2.75, 3.05) is 31.5 Å². The summed E-state index contributed by atoms with van der Waals surface area (Å²) in [6, 6.07) is 10.6. The van der Waals surface area contributed by atoms with Gasteiger partial charge in [-0.15, -0.1) is 0 Å². The van der Waals surface area contributed by atoms with E-state index < -0.39 is 11.7 Å². The molecular formula is C24H30FN5O2S. The minimum absolute atomic E-state index is 0.0418. The van der Waals surface area contributed by atoms with Gasteiger partial charge in [-0.2, -0.15) is 0 Å². The lowest BCUT2D eigenvalue weighted by atomic mass is 10.1. The van der Waals surface area contributed by atoms with Crippen LogP contribution in [0.25, 0.3) is 0 Å². The van der Waals surface area contributed by atoms with Crippen LogP contribution in [0.4, 0.5) is 10.1 Å². The average molecular weight is 472 g/mol. The molecule has 4 N–H and O–H groups in total. The molecule has 0 atom stereocenters. The molecule has 0 unspecified atom stereocenters. The molecule has 1 saturated heterocycles. The first-order chi connectivity index (χ1) is 15.9. The normalized spacial score (nSPS) is 13.8. The number of likely N-dealkylation sites (tertiary alicyclic amines) is 1. The molecular weight excluding hydrogens is 441 g/mol. The fourth-order valence-corrected chi connectivity index (χ4v) is 3.85. The van der Waals surface area contributed by atoms with Gasteiger partial charge in [-0.1, -0.05) is 18.6 Å². The van der Waals surface area contributed by atoms with Gasteiger partial charge >= 0.3 is 0 Å². The van der Waals surface area contributed by atoms with Gasteiger partial charge in [0, 0.05) is 17.8 Å². The second-order valence-electron chi connectivity index (χ2n) is 8.05. The molecule has 1 heterocycles. The maximum atomic E-state index is 13.8. The first-order valence-electron chi connectivity index (χ1n) is 11.2. The van der Waals surface area contributed by atoms with Crippen LogP contribution in [0.1, 0.15) is 52.0 Å². The minimum Gasteiger partial charge on any atom is -0.361 e. The van der Waals surface area contributed by atoms with Gasteiger partial charge in [0.1, 0.15) is 5.82 Å². The van der Waals surface area contributed by atoms with Crippen LogP contribution in [0.2, 0.25) is 0 Å². The third kappa shape index (κ3) is 7.50. The second kappa shape index (κ2) is 12.3. The van der Waals surface area contributed by atoms with Crippen LogP contribution >= 0.6 is 12.2 Å². The molecule has 33 heavy (non-hydrogen) atoms. The highest BCUT2D eigenvalue weighted by Crippen LogP contribution is 2.18. The predicted molar refractivity (Wildman–Crippen MR) is 132 cm³/mol. The molecule has 0 bridgehead atoms. The molecule has 0 aliphatic carbocycles. The van der Waals surface area contributed by atoms with Gasteiger partial charge in [0.25, 0.3) is 11.8 Å². The zero-order chi connectivity index (χ0) is 23.6. The summed E-state index contributed by atoms with van der Waals surface area (Å²) in [5.74, 6) is -1.50. The number of carbonyl (C=O) groups is 2. The van der Waals surface area contributed by atoms with Crippen LogP contribution in [-0.4, -0.2) is 48.0 Å². The summed E-state index contributed by atoms with van der Waals surface area (Å²) in [5, 5.41) is 6.12. The van der Waals surface area contributed by atoms with E-state index >= 15 is 0 Å². The predicted octanol–water partition coefficient (Wildman–Crippen LogP) is 3.37. The number of amides is 2. The molecule has 0 spiro atoms. The summed E-state index contributed by atoms with van der Waals surface area (Å²) in [4.78, 5) is 27.2. The highest BCUT2D eigenvalue weighted by molar-refractivity contribution is 7.80. The smallest absolute Gasteiger partial charge is 0.269 e. The zero-order valence-corrected chi connectivity index (χ0v) is 19.6. The molecule has 0 radical (unpaired) electrons. The molecule has 0 saturated carbocycles. The van der Waals surface area contributed by atoms with Crippen molar-refractivity contribution in [3.8, 4) is 0 Å². The van der Waals surface area contributed by atoms with E-state index in [0.29, 0.717) is 21.9 Å². The molecule has 0 aromatic heterocycles. The van der Waals surface area contributed by atoms with Crippen LogP contribution in [0, 0.1) is 12.7 Å². The number of benzene rings is 2. The lowest BCUT2D eigenvalue weighted by Gasteiger charge is -2.26. The number of nitrogens with one attached hydrogen (secondary N) is 4. The SMILES string of the molecule is Cc1cc(C(=O)NNC(=S)NCCCN2CCCCC2)ccc1NC(=O)c1ccccc1F. The molecule has 2 aromatic carbocycles. The molecule has 1 aliphatic heterocycles. The van der Waals surface area contributed by atoms with Crippen LogP contribution in [0.5, 0.6) is 0 Å². The van der Waals surface area contributed by atoms with Gasteiger partial charge < -0.3 is 15.5 Å². The summed E-state index contributed by atoms with van der Waals surface area (Å²) in [7, 11) is 0. The molecule has 1 fully saturated rings. The number of rotatable bonds is 7. The maximum absolute atomic E-state index is 13.8. The van der Waals surface area contributed by atoms with Crippen molar-refractivity contribution in [3.63, 3.8) is 0 Å². The van der Waals surface area contributed by atoms with Crippen LogP contribution in [0.15, 0.2) is 42.5 Å². The number of piperidine rings is 1. The first-order valence-corrected chi connectivity index (χ1v) is 11.6. The maximum Gasteiger partial charge on any atom is 0.269 e. The Morgan fingerprint density at radius 1 is 1.03 bits per heavy atom. The van der Waals surface area contributed by atoms with Gasteiger partial charge in [-0.25, -0.2) is 4.39 Å². The Kier molecular flexibility index (Phi) is 9.14. The summed E-state index contributed by atoms with van der Waals surface area (Å²) in [6.07, 6.45) is 4.86. The van der Waals surface area contributed by atoms with Crippen molar-refractivity contribution in [2.24, 2.45) is 0 Å². The Balaban J connectivity index is 1.42. The van der Waals surface area contributed by atoms with E-state index in [1.54, 1.807) is 31.2 Å². The minimum atomic E-state index is -0.592. The number of carbonyl (C=O) groups excluding carboxylic acids is 2. The van der Waals surface area contributed by atoms with Gasteiger partial charge in [-0.3, -0.25) is 20.4 Å². The monoisotopic (exact) mass is 471 g/mol. The Labute approximate surface area is 199 Å². The van der Waals surface area contributed by atoms with Crippen molar-refractivity contribution in [1.29, 1.82) is 0 Å². The highest BCUT2D eigenvalue weighted by Gasteiger charge is 2.14. The van der Waals surface area contributed by atoms with Gasteiger partial charge in [0.2, 0.25) is 0 Å². The lowest BCUT2D eigenvalue weighted by Crippen LogP contribution is -2.47. The van der Waals surface area contributed by atoms with Crippen molar-refractivity contribution in [3.05, 3.63) is 65.0 Å². The Hall–Kier alpha value is -3.04. The number of hydrogen-bond donors (Lipinski definition) is 4. The van der Waals surface area contributed by atoms with Gasteiger partial charge in [0.05, 0.1) is 5.56 Å². The largest absolute Gasteiger partial charge is 0.361 e. The summed E-state index contributed by atoms with van der Waals surface area (Å²) < 4.78 is 13.8. The zero-order valence-electron chi connectivity index (χ0n) is 18.7. The second-order valence-corrected chi connectivity index (χ2v) is 8.46. The van der Waals surface area contributed by atoms with Crippen molar-refractivity contribution in [2.45, 2.75) is 32.6 Å². The summed E-state index contributed by atoms with van der Waals surface area (Å²) >= 11 is 5.21. The Morgan fingerprint density at radius 3 is 2.52 bits per heavy atom. The van der Waals surface area contributed by atoms with E-state index in [0.717, 1.165) is 19.5 Å². The summed E-state index contributed by atoms with van der Waals surface area (Å²) in [6.45, 7) is 5.87. The quantitative estimate of drug-likeness (QED) is 0.282. The first kappa shape index (κ1) is 24.6. The van der Waals surface area contributed by atoms with Crippen molar-refractivity contribution < 1.29 is 14.0 Å². The third-order valence-corrected chi connectivity index (χ3v) is 5.78. The molecule has 3 rings (SSSR count). The number of hydrazine groups is 1. The van der Waals surface area contributed by atoms with Gasteiger partial charge in [-0.05, 0) is 93.9 Å². The number of nitrogens with zero attached hydrogens (tertiary/aromatic N) is 1. The number of anilines is 1. The third-order valence-electron chi connectivity index (χ3n) is 5.53. The fourth-order valence-electron chi connectivity index (χ4n) is 3.70. The molecule has 176 valence electrons. The molecule has 1 aliphatic rings. The number of hydrogen-bond acceptors (Lipinski definition) is 4. The van der Waals surface area contributed by atoms with E-state index in [4.69, 9.17) is 12.2 Å². The number of halogens is 1. The molecule has 2 amide bonds. The summed E-state index contributed by atoms with van der Waals surface area (Å²) in [5.41, 5.74) is 6.81. The van der Waals surface area contributed by atoms with Crippen LogP contribution in [0.3, 0.4) is 0 Å². The van der Waals surface area contributed by atoms with E-state index in [9.17, 15) is 14.0 Å². The fraction of sp³-hybridized carbons (Fsp3) is 0.375. The van der Waals surface area contributed by atoms with Crippen LogP contribution < -0.4 is 21.5 Å². The molecule has 9 heteroatoms. The van der Waals surface area contributed by atoms with Crippen LogP contribution in [-0.2, 0) is 0 Å². The average Bonchev–Trinajstić information content (AvgIpc) is 2.82. The standard InChI is InChI=1S/C24H30FN5O2S/c1-17-16-18(10-11-21(17)27-23(32)19-8-3-4-9-20(19)25)22(31)28-29-24(33)26-12-7-15-30-13-5-2-6-14-30/h3-4,8-11,16H,2,5-7,12-15H2,1H3,(H,27,32)(H,28,31)(H2,26,29,33). The highest BCUT2D eigenvalue weighted by atomic mass is 32.1. The lowest BCUT2D eigenvalue weighted by molar-refractivity contribution is 0.0943. The number of thiocarbonyl (C=S) groups is 1. The molecule has 2 aromatic rings. The van der Waals surface area contributed by atoms with Crippen molar-refractivity contribution >= 4 is 34.8 Å². The Morgan fingerprint density at radius 2 is 1.79 bits per heavy atom. The Bertz CT molecular complexity index is 995. The molecule has 7 nitrogen and oxygen atoms in total. The van der Waals surface area contributed by atoms with E-state index in [1.807, 2.05) is 0 Å². The van der Waals surface area contributed by atoms with Gasteiger partial charge in [0.15, 0.2) is 5.11 Å². The van der Waals surface area contributed by atoms with Crippen molar-refractivity contribution in [1.82, 2.24) is 21.1 Å². The van der Waals surface area contributed by atoms with E-state index in [1.165, 1.54) is 50.6 Å². The van der Waals surface area contributed by atoms with E-state index in [-0.39, 0.29) is 11.5 Å². The van der Waals surface area contributed by atoms with E-state index in [2.05, 4.69) is 26.4 Å². The number of aryl methyl sites for hydroxylation is 1. The topological polar surface area (TPSA) is 85.5 Å².